The van der Waals surface area contributed by atoms with Crippen LogP contribution in [-0.2, 0) is 0 Å². The minimum Gasteiger partial charge on any atom is -0.486 e. The molecule has 5 heteroatoms. The van der Waals surface area contributed by atoms with E-state index in [1.54, 1.807) is 6.07 Å². The van der Waals surface area contributed by atoms with E-state index in [1.165, 1.54) is 6.20 Å². The van der Waals surface area contributed by atoms with Crippen molar-refractivity contribution in [3.63, 3.8) is 0 Å². The van der Waals surface area contributed by atoms with Gasteiger partial charge >= 0.3 is 0 Å². The zero-order valence-corrected chi connectivity index (χ0v) is 10.2. The lowest BCUT2D eigenvalue weighted by Gasteiger charge is -2.23. The summed E-state index contributed by atoms with van der Waals surface area (Å²) >= 11 is 0. The zero-order valence-electron chi connectivity index (χ0n) is 10.2. The summed E-state index contributed by atoms with van der Waals surface area (Å²) < 4.78 is 24.8. The van der Waals surface area contributed by atoms with Crippen molar-refractivity contribution in [2.24, 2.45) is 5.73 Å². The highest BCUT2D eigenvalue weighted by molar-refractivity contribution is 5.51. The molecule has 1 atom stereocenters. The maximum absolute atomic E-state index is 13.7. The topological polar surface area (TPSA) is 57.4 Å². The second kappa shape index (κ2) is 4.85. The van der Waals surface area contributed by atoms with Gasteiger partial charge in [0.05, 0.1) is 12.2 Å². The van der Waals surface area contributed by atoms with Gasteiger partial charge in [0.1, 0.15) is 19.0 Å². The Bertz CT molecular complexity index is 604. The highest BCUT2D eigenvalue weighted by Gasteiger charge is 2.22. The molecule has 0 saturated carbocycles. The molecule has 0 amide bonds. The number of hydrogen-bond acceptors (Lipinski definition) is 4. The zero-order chi connectivity index (χ0) is 13.2. The van der Waals surface area contributed by atoms with E-state index in [0.717, 1.165) is 6.20 Å². The molecular weight excluding hydrogens is 247 g/mol. The van der Waals surface area contributed by atoms with Gasteiger partial charge in [-0.05, 0) is 12.1 Å². The van der Waals surface area contributed by atoms with Crippen LogP contribution in [0.1, 0.15) is 17.2 Å². The van der Waals surface area contributed by atoms with Crippen LogP contribution in [0, 0.1) is 5.82 Å². The van der Waals surface area contributed by atoms with E-state index in [9.17, 15) is 4.39 Å². The molecule has 1 aromatic carbocycles. The predicted molar refractivity (Wildman–Crippen MR) is 67.7 cm³/mol. The largest absolute Gasteiger partial charge is 0.486 e. The van der Waals surface area contributed by atoms with Crippen LogP contribution in [-0.4, -0.2) is 18.2 Å². The molecule has 2 heterocycles. The van der Waals surface area contributed by atoms with Gasteiger partial charge in [-0.3, -0.25) is 4.98 Å². The third-order valence-corrected chi connectivity index (χ3v) is 3.07. The van der Waals surface area contributed by atoms with Crippen LogP contribution >= 0.6 is 0 Å². The summed E-state index contributed by atoms with van der Waals surface area (Å²) in [7, 11) is 0. The van der Waals surface area contributed by atoms with E-state index in [1.807, 2.05) is 18.2 Å². The Morgan fingerprint density at radius 3 is 2.84 bits per heavy atom. The SMILES string of the molecule is NC(c1ccncc1F)c1cccc2c1OCCO2. The highest BCUT2D eigenvalue weighted by atomic mass is 19.1. The maximum Gasteiger partial charge on any atom is 0.166 e. The van der Waals surface area contributed by atoms with E-state index in [4.69, 9.17) is 15.2 Å². The van der Waals surface area contributed by atoms with Gasteiger partial charge in [-0.2, -0.15) is 0 Å². The number of hydrogen-bond donors (Lipinski definition) is 1. The summed E-state index contributed by atoms with van der Waals surface area (Å²) in [6.07, 6.45) is 2.67. The molecule has 2 N–H and O–H groups in total. The molecule has 0 saturated heterocycles. The fourth-order valence-corrected chi connectivity index (χ4v) is 2.15. The number of nitrogens with two attached hydrogens (primary N) is 1. The Kier molecular flexibility index (Phi) is 3.05. The lowest BCUT2D eigenvalue weighted by Crippen LogP contribution is -2.20. The first-order valence-electron chi connectivity index (χ1n) is 6.01. The number of ether oxygens (including phenoxy) is 2. The molecule has 1 aliphatic rings. The van der Waals surface area contributed by atoms with E-state index < -0.39 is 11.9 Å². The normalized spacial score (nSPS) is 15.1. The predicted octanol–water partition coefficient (Wildman–Crippen LogP) is 2.04. The van der Waals surface area contributed by atoms with Crippen molar-refractivity contribution < 1.29 is 13.9 Å². The number of pyridine rings is 1. The molecule has 3 rings (SSSR count). The summed E-state index contributed by atoms with van der Waals surface area (Å²) in [5.41, 5.74) is 7.23. The van der Waals surface area contributed by atoms with Gasteiger partial charge in [-0.15, -0.1) is 0 Å². The van der Waals surface area contributed by atoms with Crippen molar-refractivity contribution in [3.8, 4) is 11.5 Å². The highest BCUT2D eigenvalue weighted by Crippen LogP contribution is 2.38. The first kappa shape index (κ1) is 11.9. The fraction of sp³-hybridized carbons (Fsp3) is 0.214. The Hall–Kier alpha value is -2.14. The Labute approximate surface area is 110 Å². The monoisotopic (exact) mass is 260 g/mol. The van der Waals surface area contributed by atoms with E-state index in [2.05, 4.69) is 4.98 Å². The molecule has 0 spiro atoms. The molecule has 1 unspecified atom stereocenters. The molecule has 4 nitrogen and oxygen atoms in total. The molecule has 0 bridgehead atoms. The van der Waals surface area contributed by atoms with Crippen LogP contribution in [0.25, 0.3) is 0 Å². The molecule has 0 fully saturated rings. The van der Waals surface area contributed by atoms with Gasteiger partial charge < -0.3 is 15.2 Å². The Balaban J connectivity index is 2.05. The van der Waals surface area contributed by atoms with Gasteiger partial charge in [-0.25, -0.2) is 4.39 Å². The van der Waals surface area contributed by atoms with Gasteiger partial charge in [-0.1, -0.05) is 12.1 Å². The van der Waals surface area contributed by atoms with Gasteiger partial charge in [0.2, 0.25) is 0 Å². The summed E-state index contributed by atoms with van der Waals surface area (Å²) in [6.45, 7) is 0.977. The van der Waals surface area contributed by atoms with Crippen molar-refractivity contribution in [2.75, 3.05) is 13.2 Å². The third-order valence-electron chi connectivity index (χ3n) is 3.07. The number of rotatable bonds is 2. The van der Waals surface area contributed by atoms with Crippen LogP contribution in [0.2, 0.25) is 0 Å². The molecule has 19 heavy (non-hydrogen) atoms. The van der Waals surface area contributed by atoms with Crippen LogP contribution < -0.4 is 15.2 Å². The van der Waals surface area contributed by atoms with Crippen molar-refractivity contribution in [1.29, 1.82) is 0 Å². The molecule has 98 valence electrons. The number of halogens is 1. The lowest BCUT2D eigenvalue weighted by molar-refractivity contribution is 0.169. The van der Waals surface area contributed by atoms with Crippen LogP contribution in [0.3, 0.4) is 0 Å². The minimum atomic E-state index is -0.611. The summed E-state index contributed by atoms with van der Waals surface area (Å²) in [5, 5.41) is 0. The number of fused-ring (bicyclic) bond motifs is 1. The van der Waals surface area contributed by atoms with Gasteiger partial charge in [0.25, 0.3) is 0 Å². The average molecular weight is 260 g/mol. The number of para-hydroxylation sites is 1. The molecular formula is C14H13FN2O2. The fourth-order valence-electron chi connectivity index (χ4n) is 2.15. The second-order valence-electron chi connectivity index (χ2n) is 4.25. The number of nitrogens with zero attached hydrogens (tertiary/aromatic N) is 1. The Morgan fingerprint density at radius 1 is 1.16 bits per heavy atom. The summed E-state index contributed by atoms with van der Waals surface area (Å²) in [6, 6.07) is 6.41. The molecule has 1 aromatic heterocycles. The first-order valence-corrected chi connectivity index (χ1v) is 6.01. The van der Waals surface area contributed by atoms with Crippen molar-refractivity contribution in [3.05, 3.63) is 53.6 Å². The lowest BCUT2D eigenvalue weighted by atomic mass is 9.98. The van der Waals surface area contributed by atoms with Crippen LogP contribution in [0.4, 0.5) is 4.39 Å². The molecule has 1 aliphatic heterocycles. The average Bonchev–Trinajstić information content (AvgIpc) is 2.46. The molecule has 2 aromatic rings. The second-order valence-corrected chi connectivity index (χ2v) is 4.25. The van der Waals surface area contributed by atoms with Crippen LogP contribution in [0.5, 0.6) is 11.5 Å². The van der Waals surface area contributed by atoms with Gasteiger partial charge in [0.15, 0.2) is 11.5 Å². The van der Waals surface area contributed by atoms with E-state index in [0.29, 0.717) is 35.8 Å². The summed E-state index contributed by atoms with van der Waals surface area (Å²) in [4.78, 5) is 3.72. The maximum atomic E-state index is 13.7. The molecule has 0 radical (unpaired) electrons. The summed E-state index contributed by atoms with van der Waals surface area (Å²) in [5.74, 6) is 0.815. The number of aromatic nitrogens is 1. The van der Waals surface area contributed by atoms with Crippen molar-refractivity contribution >= 4 is 0 Å². The van der Waals surface area contributed by atoms with Crippen molar-refractivity contribution in [1.82, 2.24) is 4.98 Å². The van der Waals surface area contributed by atoms with E-state index in [-0.39, 0.29) is 0 Å². The Morgan fingerprint density at radius 2 is 2.00 bits per heavy atom. The number of benzene rings is 1. The van der Waals surface area contributed by atoms with E-state index >= 15 is 0 Å². The van der Waals surface area contributed by atoms with Crippen molar-refractivity contribution in [2.45, 2.75) is 6.04 Å². The third kappa shape index (κ3) is 2.13. The van der Waals surface area contributed by atoms with Gasteiger partial charge in [0, 0.05) is 17.3 Å². The first-order chi connectivity index (χ1) is 9.27. The minimum absolute atomic E-state index is 0.387. The smallest absolute Gasteiger partial charge is 0.166 e. The van der Waals surface area contributed by atoms with Crippen LogP contribution in [0.15, 0.2) is 36.7 Å². The standard InChI is InChI=1S/C14H13FN2O2/c15-11-8-17-5-4-9(11)13(16)10-2-1-3-12-14(10)19-7-6-18-12/h1-5,8,13H,6-7,16H2. The molecule has 0 aliphatic carbocycles. The quantitative estimate of drug-likeness (QED) is 0.897.